The molecule has 5 heteroatoms. The highest BCUT2D eigenvalue weighted by atomic mass is 16.5. The van der Waals surface area contributed by atoms with Crippen molar-refractivity contribution in [3.8, 4) is 5.75 Å². The molecule has 0 saturated carbocycles. The van der Waals surface area contributed by atoms with Crippen molar-refractivity contribution in [1.82, 2.24) is 4.90 Å². The zero-order valence-corrected chi connectivity index (χ0v) is 13.9. The van der Waals surface area contributed by atoms with Crippen LogP contribution < -0.4 is 4.74 Å². The number of benzene rings is 1. The van der Waals surface area contributed by atoms with Crippen LogP contribution in [-0.2, 0) is 19.4 Å². The molecule has 0 radical (unpaired) electrons. The van der Waals surface area contributed by atoms with E-state index in [1.165, 1.54) is 24.0 Å². The molecule has 1 aliphatic carbocycles. The number of aryl methyl sites for hydroxylation is 2. The summed E-state index contributed by atoms with van der Waals surface area (Å²) in [4.78, 5) is 1.97. The van der Waals surface area contributed by atoms with E-state index in [4.69, 9.17) is 4.74 Å². The molecule has 5 nitrogen and oxygen atoms in total. The van der Waals surface area contributed by atoms with Crippen molar-refractivity contribution in [2.45, 2.75) is 63.4 Å². The second-order valence-electron chi connectivity index (χ2n) is 6.78. The molecule has 1 aliphatic heterocycles. The van der Waals surface area contributed by atoms with E-state index in [0.717, 1.165) is 24.2 Å². The minimum atomic E-state index is -0.918. The van der Waals surface area contributed by atoms with Gasteiger partial charge in [0.15, 0.2) is 0 Å². The molecule has 0 unspecified atom stereocenters. The van der Waals surface area contributed by atoms with Crippen molar-refractivity contribution in [1.29, 1.82) is 0 Å². The van der Waals surface area contributed by atoms with E-state index in [2.05, 4.69) is 12.1 Å². The average Bonchev–Trinajstić information content (AvgIpc) is 2.78. The van der Waals surface area contributed by atoms with Crippen LogP contribution in [0.2, 0.25) is 0 Å². The number of rotatable bonds is 4. The smallest absolute Gasteiger partial charge is 0.123 e. The molecule has 0 bridgehead atoms. The van der Waals surface area contributed by atoms with Crippen LogP contribution in [0, 0.1) is 0 Å². The summed E-state index contributed by atoms with van der Waals surface area (Å²) < 4.78 is 5.57. The van der Waals surface area contributed by atoms with Gasteiger partial charge in [-0.3, -0.25) is 4.90 Å². The summed E-state index contributed by atoms with van der Waals surface area (Å²) >= 11 is 0. The number of nitrogens with zero attached hydrogens (tertiary/aromatic N) is 1. The van der Waals surface area contributed by atoms with Crippen LogP contribution in [0.5, 0.6) is 5.75 Å². The Labute approximate surface area is 137 Å². The quantitative estimate of drug-likeness (QED) is 0.767. The van der Waals surface area contributed by atoms with Crippen LogP contribution in [0.1, 0.15) is 36.5 Å². The number of fused-ring (bicyclic) bond motifs is 1. The lowest BCUT2D eigenvalue weighted by Crippen LogP contribution is -2.40. The number of methoxy groups -OCH3 is 1. The summed E-state index contributed by atoms with van der Waals surface area (Å²) in [7, 11) is 1.68. The molecule has 128 valence electrons. The molecule has 4 atom stereocenters. The Morgan fingerprint density at radius 2 is 1.78 bits per heavy atom. The number of aliphatic hydroxyl groups is 3. The first kappa shape index (κ1) is 16.7. The van der Waals surface area contributed by atoms with Crippen LogP contribution in [0.15, 0.2) is 12.1 Å². The molecule has 3 N–H and O–H groups in total. The fourth-order valence-corrected chi connectivity index (χ4v) is 4.01. The lowest BCUT2D eigenvalue weighted by atomic mass is 9.89. The van der Waals surface area contributed by atoms with Gasteiger partial charge in [-0.25, -0.2) is 0 Å². The van der Waals surface area contributed by atoms with Gasteiger partial charge < -0.3 is 20.1 Å². The maximum absolute atomic E-state index is 10.1. The maximum Gasteiger partial charge on any atom is 0.123 e. The summed E-state index contributed by atoms with van der Waals surface area (Å²) in [6.45, 7) is 2.27. The number of hydrogen-bond donors (Lipinski definition) is 3. The Bertz CT molecular complexity index is 562. The average molecular weight is 321 g/mol. The largest absolute Gasteiger partial charge is 0.496 e. The Morgan fingerprint density at radius 3 is 2.39 bits per heavy atom. The molecule has 0 spiro atoms. The first-order valence-electron chi connectivity index (χ1n) is 8.48. The van der Waals surface area contributed by atoms with E-state index in [-0.39, 0.29) is 12.6 Å². The lowest BCUT2D eigenvalue weighted by Gasteiger charge is -2.29. The SMILES string of the molecule is COc1cc2c(cc1CN1[C@H](CO)[C@@H](O)[C@@H](O)[C@@H]1C)CCCC2. The van der Waals surface area contributed by atoms with E-state index >= 15 is 0 Å². The van der Waals surface area contributed by atoms with Crippen molar-refractivity contribution in [2.24, 2.45) is 0 Å². The molecular weight excluding hydrogens is 294 g/mol. The molecule has 2 aliphatic rings. The molecule has 0 aromatic heterocycles. The van der Waals surface area contributed by atoms with Crippen LogP contribution in [-0.4, -0.2) is 58.2 Å². The van der Waals surface area contributed by atoms with Gasteiger partial charge in [0.2, 0.25) is 0 Å². The van der Waals surface area contributed by atoms with Crippen molar-refractivity contribution in [2.75, 3.05) is 13.7 Å². The number of ether oxygens (including phenoxy) is 1. The van der Waals surface area contributed by atoms with Crippen molar-refractivity contribution < 1.29 is 20.1 Å². The van der Waals surface area contributed by atoms with Gasteiger partial charge in [-0.05, 0) is 49.8 Å². The highest BCUT2D eigenvalue weighted by Crippen LogP contribution is 2.33. The Hall–Kier alpha value is -1.14. The summed E-state index contributed by atoms with van der Waals surface area (Å²) in [5.41, 5.74) is 3.80. The van der Waals surface area contributed by atoms with Crippen LogP contribution >= 0.6 is 0 Å². The second kappa shape index (κ2) is 6.77. The van der Waals surface area contributed by atoms with Crippen molar-refractivity contribution in [3.63, 3.8) is 0 Å². The summed E-state index contributed by atoms with van der Waals surface area (Å²) in [5.74, 6) is 0.852. The fourth-order valence-electron chi connectivity index (χ4n) is 4.01. The third-order valence-electron chi connectivity index (χ3n) is 5.47. The second-order valence-corrected chi connectivity index (χ2v) is 6.78. The van der Waals surface area contributed by atoms with Gasteiger partial charge in [0.1, 0.15) is 5.75 Å². The monoisotopic (exact) mass is 321 g/mol. The molecule has 0 amide bonds. The van der Waals surface area contributed by atoms with E-state index in [1.807, 2.05) is 11.8 Å². The Kier molecular flexibility index (Phi) is 4.92. The molecule has 1 fully saturated rings. The summed E-state index contributed by atoms with van der Waals surface area (Å²) in [6, 6.07) is 3.68. The number of hydrogen-bond acceptors (Lipinski definition) is 5. The zero-order chi connectivity index (χ0) is 16.6. The van der Waals surface area contributed by atoms with Crippen molar-refractivity contribution >= 4 is 0 Å². The minimum Gasteiger partial charge on any atom is -0.496 e. The Morgan fingerprint density at radius 1 is 1.13 bits per heavy atom. The normalized spacial score (nSPS) is 31.2. The molecule has 1 aromatic carbocycles. The highest BCUT2D eigenvalue weighted by Gasteiger charge is 2.45. The lowest BCUT2D eigenvalue weighted by molar-refractivity contribution is 0.0186. The fraction of sp³-hybridized carbons (Fsp3) is 0.667. The van der Waals surface area contributed by atoms with Crippen LogP contribution in [0.3, 0.4) is 0 Å². The van der Waals surface area contributed by atoms with Gasteiger partial charge in [-0.1, -0.05) is 6.07 Å². The first-order chi connectivity index (χ1) is 11.1. The van der Waals surface area contributed by atoms with Crippen molar-refractivity contribution in [3.05, 3.63) is 28.8 Å². The number of likely N-dealkylation sites (tertiary alicyclic amines) is 1. The summed E-state index contributed by atoms with van der Waals surface area (Å²) in [6.07, 6.45) is 2.88. The van der Waals surface area contributed by atoms with Gasteiger partial charge in [-0.2, -0.15) is 0 Å². The minimum absolute atomic E-state index is 0.171. The zero-order valence-electron chi connectivity index (χ0n) is 13.9. The van der Waals surface area contributed by atoms with Gasteiger partial charge in [-0.15, -0.1) is 0 Å². The number of aliphatic hydroxyl groups excluding tert-OH is 3. The van der Waals surface area contributed by atoms with Gasteiger partial charge in [0, 0.05) is 18.2 Å². The molecule has 1 heterocycles. The summed E-state index contributed by atoms with van der Waals surface area (Å²) in [5, 5.41) is 29.8. The van der Waals surface area contributed by atoms with E-state index < -0.39 is 18.2 Å². The molecule has 23 heavy (non-hydrogen) atoms. The topological polar surface area (TPSA) is 73.2 Å². The van der Waals surface area contributed by atoms with E-state index in [9.17, 15) is 15.3 Å². The van der Waals surface area contributed by atoms with Gasteiger partial charge >= 0.3 is 0 Å². The molecule has 1 aromatic rings. The molecule has 1 saturated heterocycles. The predicted octanol–water partition coefficient (Wildman–Crippen LogP) is 0.861. The molecular formula is C18H27NO4. The third-order valence-corrected chi connectivity index (χ3v) is 5.47. The first-order valence-corrected chi connectivity index (χ1v) is 8.48. The van der Waals surface area contributed by atoms with Crippen LogP contribution in [0.25, 0.3) is 0 Å². The van der Waals surface area contributed by atoms with Gasteiger partial charge in [0.05, 0.1) is 32.0 Å². The van der Waals surface area contributed by atoms with E-state index in [0.29, 0.717) is 6.54 Å². The highest BCUT2D eigenvalue weighted by molar-refractivity contribution is 5.44. The maximum atomic E-state index is 10.1. The third kappa shape index (κ3) is 2.98. The van der Waals surface area contributed by atoms with Crippen LogP contribution in [0.4, 0.5) is 0 Å². The Balaban J connectivity index is 1.89. The standard InChI is InChI=1S/C18H27NO4/c1-11-17(21)18(22)15(10-20)19(11)9-14-7-12-5-3-4-6-13(12)8-16(14)23-2/h7-8,11,15,17-18,20-22H,3-6,9-10H2,1-2H3/t11-,15+,17-,18+/m0/s1. The predicted molar refractivity (Wildman–Crippen MR) is 87.5 cm³/mol. The molecule has 3 rings (SSSR count). The van der Waals surface area contributed by atoms with Gasteiger partial charge in [0.25, 0.3) is 0 Å². The van der Waals surface area contributed by atoms with E-state index in [1.54, 1.807) is 7.11 Å².